The largest absolute Gasteiger partial charge is 0.493 e. The van der Waals surface area contributed by atoms with Gasteiger partial charge in [-0.1, -0.05) is 23.7 Å². The predicted octanol–water partition coefficient (Wildman–Crippen LogP) is 5.42. The normalized spacial score (nSPS) is 10.8. The molecule has 136 valence electrons. The van der Waals surface area contributed by atoms with Gasteiger partial charge in [0.2, 0.25) is 0 Å². The van der Waals surface area contributed by atoms with Gasteiger partial charge in [0.1, 0.15) is 17.2 Å². The molecule has 2 heterocycles. The summed E-state index contributed by atoms with van der Waals surface area (Å²) in [7, 11) is 3.25. The highest BCUT2D eigenvalue weighted by Crippen LogP contribution is 2.41. The zero-order chi connectivity index (χ0) is 18.8. The Morgan fingerprint density at radius 3 is 2.48 bits per heavy atom. The zero-order valence-corrected chi connectivity index (χ0v) is 15.7. The number of anilines is 2. The molecule has 27 heavy (non-hydrogen) atoms. The van der Waals surface area contributed by atoms with E-state index in [4.69, 9.17) is 26.1 Å². The first-order valence-electron chi connectivity index (χ1n) is 8.42. The van der Waals surface area contributed by atoms with Crippen molar-refractivity contribution >= 4 is 28.8 Å². The van der Waals surface area contributed by atoms with Gasteiger partial charge < -0.3 is 14.8 Å². The topological polar surface area (TPSA) is 47.8 Å². The van der Waals surface area contributed by atoms with E-state index in [9.17, 15) is 0 Å². The number of para-hydroxylation sites is 1. The summed E-state index contributed by atoms with van der Waals surface area (Å²) < 4.78 is 13.1. The van der Waals surface area contributed by atoms with Crippen LogP contribution in [0.2, 0.25) is 5.02 Å². The van der Waals surface area contributed by atoms with Crippen LogP contribution < -0.4 is 14.8 Å². The molecule has 2 aromatic heterocycles. The summed E-state index contributed by atoms with van der Waals surface area (Å²) in [5.74, 6) is 2.13. The number of hydrogen-bond acceptors (Lipinski definition) is 4. The number of halogens is 1. The van der Waals surface area contributed by atoms with E-state index >= 15 is 0 Å². The third-order valence-electron chi connectivity index (χ3n) is 4.29. The fourth-order valence-electron chi connectivity index (χ4n) is 3.05. The minimum absolute atomic E-state index is 0.641. The number of aromatic nitrogens is 2. The molecule has 1 N–H and O–H groups in total. The molecule has 0 saturated carbocycles. The maximum atomic E-state index is 6.01. The standard InChI is InChI=1S/C21H18ClN3O2/c1-26-17-7-5-6-16(20(17)27-2)19-21(23-15-11-9-14(22)10-12-15)25-13-4-3-8-18(25)24-19/h3-13,23H,1-2H3. The van der Waals surface area contributed by atoms with Crippen LogP contribution in [0.4, 0.5) is 11.5 Å². The first-order valence-corrected chi connectivity index (χ1v) is 8.80. The molecule has 6 heteroatoms. The van der Waals surface area contributed by atoms with Crippen molar-refractivity contribution in [2.75, 3.05) is 19.5 Å². The van der Waals surface area contributed by atoms with Crippen LogP contribution in [0.25, 0.3) is 16.9 Å². The van der Waals surface area contributed by atoms with Gasteiger partial charge in [-0.15, -0.1) is 0 Å². The Kier molecular flexibility index (Phi) is 4.60. The predicted molar refractivity (Wildman–Crippen MR) is 108 cm³/mol. The number of benzene rings is 2. The Bertz CT molecular complexity index is 1090. The lowest BCUT2D eigenvalue weighted by atomic mass is 10.1. The number of imidazole rings is 1. The number of nitrogens with one attached hydrogen (secondary N) is 1. The van der Waals surface area contributed by atoms with Crippen LogP contribution >= 0.6 is 11.6 Å². The van der Waals surface area contributed by atoms with E-state index in [2.05, 4.69) is 5.32 Å². The van der Waals surface area contributed by atoms with Crippen LogP contribution in [0, 0.1) is 0 Å². The van der Waals surface area contributed by atoms with Gasteiger partial charge in [-0.2, -0.15) is 0 Å². The van der Waals surface area contributed by atoms with Gasteiger partial charge in [-0.05, 0) is 48.5 Å². The van der Waals surface area contributed by atoms with Crippen LogP contribution in [0.1, 0.15) is 0 Å². The van der Waals surface area contributed by atoms with Crippen LogP contribution in [0.5, 0.6) is 11.5 Å². The molecule has 0 aliphatic rings. The van der Waals surface area contributed by atoms with E-state index in [1.165, 1.54) is 0 Å². The van der Waals surface area contributed by atoms with Crippen molar-refractivity contribution in [3.05, 3.63) is 71.9 Å². The lowest BCUT2D eigenvalue weighted by Gasteiger charge is -2.13. The van der Waals surface area contributed by atoms with Gasteiger partial charge in [0, 0.05) is 22.5 Å². The number of pyridine rings is 1. The summed E-state index contributed by atoms with van der Waals surface area (Å²) in [6, 6.07) is 19.2. The SMILES string of the molecule is COc1cccc(-c2nc3ccccn3c2Nc2ccc(Cl)cc2)c1OC. The lowest BCUT2D eigenvalue weighted by Crippen LogP contribution is -1.98. The molecule has 2 aromatic carbocycles. The van der Waals surface area contributed by atoms with Crippen LogP contribution in [-0.2, 0) is 0 Å². The highest BCUT2D eigenvalue weighted by Gasteiger charge is 2.20. The van der Waals surface area contributed by atoms with Crippen molar-refractivity contribution in [1.29, 1.82) is 0 Å². The van der Waals surface area contributed by atoms with Gasteiger partial charge >= 0.3 is 0 Å². The van der Waals surface area contributed by atoms with Crippen molar-refractivity contribution in [3.8, 4) is 22.8 Å². The van der Waals surface area contributed by atoms with E-state index in [-0.39, 0.29) is 0 Å². The monoisotopic (exact) mass is 379 g/mol. The molecule has 0 bridgehead atoms. The molecule has 0 amide bonds. The highest BCUT2D eigenvalue weighted by molar-refractivity contribution is 6.30. The molecule has 0 radical (unpaired) electrons. The average Bonchev–Trinajstić information content (AvgIpc) is 3.07. The number of ether oxygens (including phenoxy) is 2. The molecule has 4 rings (SSSR count). The molecule has 5 nitrogen and oxygen atoms in total. The summed E-state index contributed by atoms with van der Waals surface area (Å²) in [6.07, 6.45) is 1.97. The van der Waals surface area contributed by atoms with Gasteiger partial charge in [0.15, 0.2) is 11.5 Å². The Labute approximate surface area is 162 Å². The Morgan fingerprint density at radius 2 is 1.74 bits per heavy atom. The lowest BCUT2D eigenvalue weighted by molar-refractivity contribution is 0.356. The molecule has 0 unspecified atom stereocenters. The van der Waals surface area contributed by atoms with Gasteiger partial charge in [-0.3, -0.25) is 4.40 Å². The fourth-order valence-corrected chi connectivity index (χ4v) is 3.17. The molecule has 0 saturated heterocycles. The van der Waals surface area contributed by atoms with Gasteiger partial charge in [-0.25, -0.2) is 4.98 Å². The first-order chi connectivity index (χ1) is 13.2. The third-order valence-corrected chi connectivity index (χ3v) is 4.55. The van der Waals surface area contributed by atoms with Crippen molar-refractivity contribution in [3.63, 3.8) is 0 Å². The van der Waals surface area contributed by atoms with Crippen LogP contribution in [0.3, 0.4) is 0 Å². The molecular formula is C21H18ClN3O2. The highest BCUT2D eigenvalue weighted by atomic mass is 35.5. The summed E-state index contributed by atoms with van der Waals surface area (Å²) in [5, 5.41) is 4.14. The summed E-state index contributed by atoms with van der Waals surface area (Å²) >= 11 is 6.01. The van der Waals surface area contributed by atoms with E-state index < -0.39 is 0 Å². The second-order valence-electron chi connectivity index (χ2n) is 5.91. The molecule has 0 aliphatic heterocycles. The molecule has 4 aromatic rings. The van der Waals surface area contributed by atoms with Gasteiger partial charge in [0.05, 0.1) is 14.2 Å². The van der Waals surface area contributed by atoms with E-state index in [0.717, 1.165) is 28.4 Å². The Morgan fingerprint density at radius 1 is 0.926 bits per heavy atom. The first kappa shape index (κ1) is 17.2. The zero-order valence-electron chi connectivity index (χ0n) is 14.9. The van der Waals surface area contributed by atoms with Crippen LogP contribution in [-0.4, -0.2) is 23.6 Å². The second-order valence-corrected chi connectivity index (χ2v) is 6.35. The average molecular weight is 380 g/mol. The third kappa shape index (κ3) is 3.17. The summed E-state index contributed by atoms with van der Waals surface area (Å²) in [4.78, 5) is 4.82. The Balaban J connectivity index is 1.92. The number of nitrogens with zero attached hydrogens (tertiary/aromatic N) is 2. The van der Waals surface area contributed by atoms with Crippen molar-refractivity contribution in [1.82, 2.24) is 9.38 Å². The summed E-state index contributed by atoms with van der Waals surface area (Å²) in [6.45, 7) is 0. The maximum absolute atomic E-state index is 6.01. The summed E-state index contributed by atoms with van der Waals surface area (Å²) in [5.41, 5.74) is 3.35. The number of hydrogen-bond donors (Lipinski definition) is 1. The molecule has 0 atom stereocenters. The Hall–Kier alpha value is -3.18. The minimum atomic E-state index is 0.641. The van der Waals surface area contributed by atoms with E-state index in [1.54, 1.807) is 14.2 Å². The molecule has 0 fully saturated rings. The van der Waals surface area contributed by atoms with E-state index in [0.29, 0.717) is 16.5 Å². The fraction of sp³-hybridized carbons (Fsp3) is 0.0952. The maximum Gasteiger partial charge on any atom is 0.170 e. The van der Waals surface area contributed by atoms with Gasteiger partial charge in [0.25, 0.3) is 0 Å². The van der Waals surface area contributed by atoms with Crippen LogP contribution in [0.15, 0.2) is 66.9 Å². The second kappa shape index (κ2) is 7.21. The van der Waals surface area contributed by atoms with Crippen molar-refractivity contribution < 1.29 is 9.47 Å². The molecule has 0 aliphatic carbocycles. The van der Waals surface area contributed by atoms with Crippen molar-refractivity contribution in [2.24, 2.45) is 0 Å². The minimum Gasteiger partial charge on any atom is -0.493 e. The van der Waals surface area contributed by atoms with E-state index in [1.807, 2.05) is 71.3 Å². The number of fused-ring (bicyclic) bond motifs is 1. The molecular weight excluding hydrogens is 362 g/mol. The number of rotatable bonds is 5. The van der Waals surface area contributed by atoms with Crippen molar-refractivity contribution in [2.45, 2.75) is 0 Å². The smallest absolute Gasteiger partial charge is 0.170 e. The quantitative estimate of drug-likeness (QED) is 0.503. The number of methoxy groups -OCH3 is 2. The molecule has 0 spiro atoms.